The summed E-state index contributed by atoms with van der Waals surface area (Å²) >= 11 is 0. The van der Waals surface area contributed by atoms with Gasteiger partial charge in [-0.25, -0.2) is 0 Å². The molecule has 0 radical (unpaired) electrons. The molecule has 0 aliphatic heterocycles. The van der Waals surface area contributed by atoms with Crippen LogP contribution >= 0.6 is 0 Å². The minimum Gasteiger partial charge on any atom is -0.399 e. The molecule has 0 spiro atoms. The molecule has 2 rings (SSSR count). The zero-order valence-electron chi connectivity index (χ0n) is 9.61. The fraction of sp³-hybridized carbons (Fsp3) is 0.538. The first kappa shape index (κ1) is 10.5. The number of nitrogens with zero attached hydrogens (tertiary/aromatic N) is 1. The normalized spacial score (nSPS) is 16.3. The van der Waals surface area contributed by atoms with Crippen molar-refractivity contribution in [1.82, 2.24) is 4.90 Å². The molecule has 2 nitrogen and oxygen atoms in total. The molecular weight excluding hydrogens is 184 g/mol. The molecule has 1 aliphatic rings. The highest BCUT2D eigenvalue weighted by molar-refractivity contribution is 5.40. The van der Waals surface area contributed by atoms with Crippen LogP contribution < -0.4 is 5.73 Å². The van der Waals surface area contributed by atoms with Crippen molar-refractivity contribution in [2.45, 2.75) is 45.3 Å². The van der Waals surface area contributed by atoms with E-state index in [0.29, 0.717) is 6.04 Å². The Kier molecular flexibility index (Phi) is 2.96. The van der Waals surface area contributed by atoms with Crippen molar-refractivity contribution >= 4 is 5.69 Å². The number of hydrogen-bond acceptors (Lipinski definition) is 2. The Hall–Kier alpha value is -1.02. The Bertz CT molecular complexity index is 327. The van der Waals surface area contributed by atoms with Crippen molar-refractivity contribution in [3.05, 3.63) is 29.8 Å². The van der Waals surface area contributed by atoms with Crippen molar-refractivity contribution in [2.24, 2.45) is 0 Å². The second kappa shape index (κ2) is 4.23. The number of anilines is 1. The van der Waals surface area contributed by atoms with Gasteiger partial charge in [-0.1, -0.05) is 12.1 Å². The first-order chi connectivity index (χ1) is 7.16. The molecule has 0 heterocycles. The van der Waals surface area contributed by atoms with Crippen molar-refractivity contribution in [3.8, 4) is 0 Å². The maximum atomic E-state index is 5.78. The summed E-state index contributed by atoms with van der Waals surface area (Å²) in [6.45, 7) is 5.57. The zero-order chi connectivity index (χ0) is 10.8. The summed E-state index contributed by atoms with van der Waals surface area (Å²) < 4.78 is 0. The van der Waals surface area contributed by atoms with Crippen LogP contribution in [0.15, 0.2) is 24.3 Å². The number of benzene rings is 1. The molecule has 2 N–H and O–H groups in total. The lowest BCUT2D eigenvalue weighted by atomic mass is 10.1. The molecule has 1 aromatic rings. The highest BCUT2D eigenvalue weighted by atomic mass is 15.2. The number of nitrogens with two attached hydrogens (primary N) is 1. The molecule has 0 saturated heterocycles. The highest BCUT2D eigenvalue weighted by Crippen LogP contribution is 2.30. The lowest BCUT2D eigenvalue weighted by molar-refractivity contribution is 0.202. The van der Waals surface area contributed by atoms with Gasteiger partial charge in [-0.05, 0) is 44.4 Å². The predicted molar refractivity (Wildman–Crippen MR) is 64.6 cm³/mol. The van der Waals surface area contributed by atoms with E-state index < -0.39 is 0 Å². The Labute approximate surface area is 92.1 Å². The molecule has 0 amide bonds. The van der Waals surface area contributed by atoms with Crippen molar-refractivity contribution in [2.75, 3.05) is 5.73 Å². The van der Waals surface area contributed by atoms with Crippen LogP contribution in [-0.2, 0) is 6.54 Å². The summed E-state index contributed by atoms with van der Waals surface area (Å²) in [5.74, 6) is 0. The molecule has 1 fully saturated rings. The topological polar surface area (TPSA) is 29.3 Å². The lowest BCUT2D eigenvalue weighted by Gasteiger charge is -2.26. The van der Waals surface area contributed by atoms with E-state index >= 15 is 0 Å². The first-order valence-corrected chi connectivity index (χ1v) is 5.77. The minimum absolute atomic E-state index is 0.624. The van der Waals surface area contributed by atoms with E-state index in [1.54, 1.807) is 0 Å². The highest BCUT2D eigenvalue weighted by Gasteiger charge is 2.30. The van der Waals surface area contributed by atoms with Gasteiger partial charge in [0, 0.05) is 24.3 Å². The molecule has 1 aliphatic carbocycles. The molecule has 0 atom stereocenters. The molecule has 0 aromatic heterocycles. The van der Waals surface area contributed by atoms with E-state index in [1.165, 1.54) is 18.4 Å². The Morgan fingerprint density at radius 3 is 2.67 bits per heavy atom. The van der Waals surface area contributed by atoms with Crippen LogP contribution in [0.25, 0.3) is 0 Å². The summed E-state index contributed by atoms with van der Waals surface area (Å²) in [6, 6.07) is 9.66. The van der Waals surface area contributed by atoms with Gasteiger partial charge in [-0.3, -0.25) is 4.90 Å². The summed E-state index contributed by atoms with van der Waals surface area (Å²) in [6.07, 6.45) is 2.72. The standard InChI is InChI=1S/C13H20N2/c1-10(2)15(13-6-7-13)9-11-4-3-5-12(14)8-11/h3-5,8,10,13H,6-7,9,14H2,1-2H3. The fourth-order valence-electron chi connectivity index (χ4n) is 2.04. The van der Waals surface area contributed by atoms with Gasteiger partial charge >= 0.3 is 0 Å². The van der Waals surface area contributed by atoms with E-state index in [9.17, 15) is 0 Å². The fourth-order valence-corrected chi connectivity index (χ4v) is 2.04. The van der Waals surface area contributed by atoms with E-state index in [0.717, 1.165) is 18.3 Å². The van der Waals surface area contributed by atoms with Gasteiger partial charge < -0.3 is 5.73 Å². The summed E-state index contributed by atoms with van der Waals surface area (Å²) in [4.78, 5) is 2.56. The Morgan fingerprint density at radius 2 is 2.13 bits per heavy atom. The van der Waals surface area contributed by atoms with Gasteiger partial charge in [-0.2, -0.15) is 0 Å². The van der Waals surface area contributed by atoms with Gasteiger partial charge in [0.1, 0.15) is 0 Å². The van der Waals surface area contributed by atoms with Crippen LogP contribution in [0.3, 0.4) is 0 Å². The zero-order valence-corrected chi connectivity index (χ0v) is 9.61. The number of rotatable bonds is 4. The molecule has 1 aromatic carbocycles. The van der Waals surface area contributed by atoms with Gasteiger partial charge in [-0.15, -0.1) is 0 Å². The van der Waals surface area contributed by atoms with Crippen LogP contribution in [-0.4, -0.2) is 17.0 Å². The lowest BCUT2D eigenvalue weighted by Crippen LogP contribution is -2.32. The number of hydrogen-bond donors (Lipinski definition) is 1. The van der Waals surface area contributed by atoms with Gasteiger partial charge in [0.2, 0.25) is 0 Å². The second-order valence-electron chi connectivity index (χ2n) is 4.74. The molecule has 2 heteroatoms. The van der Waals surface area contributed by atoms with E-state index in [2.05, 4.69) is 30.9 Å². The second-order valence-corrected chi connectivity index (χ2v) is 4.74. The Morgan fingerprint density at radius 1 is 1.40 bits per heavy atom. The van der Waals surface area contributed by atoms with Crippen LogP contribution in [0.1, 0.15) is 32.3 Å². The molecule has 0 unspecified atom stereocenters. The summed E-state index contributed by atoms with van der Waals surface area (Å²) in [7, 11) is 0. The minimum atomic E-state index is 0.624. The van der Waals surface area contributed by atoms with Crippen LogP contribution in [0.5, 0.6) is 0 Å². The monoisotopic (exact) mass is 204 g/mol. The average molecular weight is 204 g/mol. The maximum absolute atomic E-state index is 5.78. The Balaban J connectivity index is 2.05. The molecule has 82 valence electrons. The van der Waals surface area contributed by atoms with Crippen molar-refractivity contribution in [3.63, 3.8) is 0 Å². The van der Waals surface area contributed by atoms with E-state index in [-0.39, 0.29) is 0 Å². The van der Waals surface area contributed by atoms with Crippen LogP contribution in [0.2, 0.25) is 0 Å². The third kappa shape index (κ3) is 2.72. The summed E-state index contributed by atoms with van der Waals surface area (Å²) in [5.41, 5.74) is 7.98. The molecule has 1 saturated carbocycles. The van der Waals surface area contributed by atoms with Gasteiger partial charge in [0.05, 0.1) is 0 Å². The summed E-state index contributed by atoms with van der Waals surface area (Å²) in [5, 5.41) is 0. The first-order valence-electron chi connectivity index (χ1n) is 5.77. The quantitative estimate of drug-likeness (QED) is 0.764. The number of nitrogen functional groups attached to an aromatic ring is 1. The molecule has 15 heavy (non-hydrogen) atoms. The molecule has 0 bridgehead atoms. The molecular formula is C13H20N2. The SMILES string of the molecule is CC(C)N(Cc1cccc(N)c1)C1CC1. The maximum Gasteiger partial charge on any atom is 0.0317 e. The van der Waals surface area contributed by atoms with Gasteiger partial charge in [0.25, 0.3) is 0 Å². The smallest absolute Gasteiger partial charge is 0.0317 e. The largest absolute Gasteiger partial charge is 0.399 e. The van der Waals surface area contributed by atoms with Crippen molar-refractivity contribution < 1.29 is 0 Å². The average Bonchev–Trinajstić information content (AvgIpc) is 2.97. The van der Waals surface area contributed by atoms with Crippen LogP contribution in [0, 0.1) is 0 Å². The van der Waals surface area contributed by atoms with E-state index in [1.807, 2.05) is 12.1 Å². The third-order valence-corrected chi connectivity index (χ3v) is 3.00. The van der Waals surface area contributed by atoms with Crippen molar-refractivity contribution in [1.29, 1.82) is 0 Å². The van der Waals surface area contributed by atoms with Gasteiger partial charge in [0.15, 0.2) is 0 Å². The predicted octanol–water partition coefficient (Wildman–Crippen LogP) is 2.64. The third-order valence-electron chi connectivity index (χ3n) is 3.00. The van der Waals surface area contributed by atoms with Crippen LogP contribution in [0.4, 0.5) is 5.69 Å². The van der Waals surface area contributed by atoms with E-state index in [4.69, 9.17) is 5.73 Å².